The quantitative estimate of drug-likeness (QED) is 0.807. The minimum absolute atomic E-state index is 0.000261. The van der Waals surface area contributed by atoms with Gasteiger partial charge in [0.2, 0.25) is 0 Å². The average Bonchev–Trinajstić information content (AvgIpc) is 3.35. The molecule has 1 N–H and O–H groups in total. The molecule has 4 rings (SSSR count). The Bertz CT molecular complexity index is 796. The van der Waals surface area contributed by atoms with Crippen molar-refractivity contribution in [2.24, 2.45) is 0 Å². The van der Waals surface area contributed by atoms with Crippen LogP contribution in [0.4, 0.5) is 0 Å². The monoisotopic (exact) mass is 308 g/mol. The van der Waals surface area contributed by atoms with Crippen LogP contribution in [0.5, 0.6) is 0 Å². The molecular weight excluding hydrogens is 292 g/mol. The number of likely N-dealkylation sites (tertiary alicyclic amines) is 1. The highest BCUT2D eigenvalue weighted by Gasteiger charge is 2.33. The van der Waals surface area contributed by atoms with Gasteiger partial charge in [-0.15, -0.1) is 0 Å². The Kier molecular flexibility index (Phi) is 3.42. The number of H-pyrrole nitrogens is 1. The maximum Gasteiger partial charge on any atom is 0.255 e. The predicted octanol–water partition coefficient (Wildman–Crippen LogP) is 3.04. The topological polar surface area (TPSA) is 75.0 Å². The molecule has 116 valence electrons. The van der Waals surface area contributed by atoms with Crippen molar-refractivity contribution in [3.63, 3.8) is 0 Å². The van der Waals surface area contributed by atoms with Gasteiger partial charge in [-0.25, -0.2) is 4.98 Å². The number of carbonyl (C=O) groups is 1. The van der Waals surface area contributed by atoms with Crippen LogP contribution in [0.25, 0.3) is 11.4 Å². The van der Waals surface area contributed by atoms with Crippen molar-refractivity contribution < 1.29 is 9.21 Å². The number of benzene rings is 1. The van der Waals surface area contributed by atoms with E-state index in [-0.39, 0.29) is 11.9 Å². The maximum absolute atomic E-state index is 13.1. The van der Waals surface area contributed by atoms with E-state index in [2.05, 4.69) is 15.2 Å². The largest absolute Gasteiger partial charge is 0.467 e. The fourth-order valence-electron chi connectivity index (χ4n) is 3.15. The molecule has 2 aromatic heterocycles. The summed E-state index contributed by atoms with van der Waals surface area (Å²) in [6.45, 7) is 0.731. The van der Waals surface area contributed by atoms with E-state index in [0.717, 1.165) is 30.7 Å². The molecule has 6 nitrogen and oxygen atoms in total. The summed E-state index contributed by atoms with van der Waals surface area (Å²) in [6.07, 6.45) is 4.99. The van der Waals surface area contributed by atoms with E-state index in [1.54, 1.807) is 6.26 Å². The number of nitrogens with zero attached hydrogens (tertiary/aromatic N) is 3. The van der Waals surface area contributed by atoms with Gasteiger partial charge in [0.05, 0.1) is 17.9 Å². The molecular formula is C17H16N4O2. The molecule has 3 heterocycles. The molecule has 3 aromatic rings. The first kappa shape index (κ1) is 13.8. The molecule has 0 bridgehead atoms. The van der Waals surface area contributed by atoms with E-state index < -0.39 is 0 Å². The third-order valence-electron chi connectivity index (χ3n) is 4.21. The minimum Gasteiger partial charge on any atom is -0.467 e. The summed E-state index contributed by atoms with van der Waals surface area (Å²) >= 11 is 0. The SMILES string of the molecule is O=C(c1ccccc1-c1ncn[nH]1)N1CCC[C@@H]1c1ccco1. The van der Waals surface area contributed by atoms with Crippen LogP contribution in [0.1, 0.15) is 35.0 Å². The lowest BCUT2D eigenvalue weighted by Gasteiger charge is -2.24. The zero-order valence-electron chi connectivity index (χ0n) is 12.5. The molecule has 0 saturated carbocycles. The summed E-state index contributed by atoms with van der Waals surface area (Å²) in [7, 11) is 0. The Labute approximate surface area is 133 Å². The molecule has 0 radical (unpaired) electrons. The van der Waals surface area contributed by atoms with Crippen LogP contribution in [0.2, 0.25) is 0 Å². The van der Waals surface area contributed by atoms with E-state index >= 15 is 0 Å². The van der Waals surface area contributed by atoms with Gasteiger partial charge < -0.3 is 9.32 Å². The van der Waals surface area contributed by atoms with Crippen molar-refractivity contribution in [2.75, 3.05) is 6.54 Å². The normalized spacial score (nSPS) is 17.6. The number of nitrogens with one attached hydrogen (secondary N) is 1. The van der Waals surface area contributed by atoms with E-state index in [4.69, 9.17) is 4.42 Å². The van der Waals surface area contributed by atoms with Crippen LogP contribution in [0.15, 0.2) is 53.4 Å². The Morgan fingerprint density at radius 2 is 2.17 bits per heavy atom. The Morgan fingerprint density at radius 3 is 2.96 bits per heavy atom. The number of carbonyl (C=O) groups excluding carboxylic acids is 1. The lowest BCUT2D eigenvalue weighted by atomic mass is 10.0. The Balaban J connectivity index is 1.70. The molecule has 1 saturated heterocycles. The van der Waals surface area contributed by atoms with Gasteiger partial charge >= 0.3 is 0 Å². The molecule has 1 fully saturated rings. The maximum atomic E-state index is 13.1. The van der Waals surface area contributed by atoms with Gasteiger partial charge in [-0.2, -0.15) is 5.10 Å². The fourth-order valence-corrected chi connectivity index (χ4v) is 3.15. The van der Waals surface area contributed by atoms with Crippen molar-refractivity contribution in [3.05, 3.63) is 60.3 Å². The summed E-state index contributed by atoms with van der Waals surface area (Å²) in [5.41, 5.74) is 1.39. The second kappa shape index (κ2) is 5.72. The number of aromatic amines is 1. The number of aromatic nitrogens is 3. The van der Waals surface area contributed by atoms with Gasteiger partial charge in [0, 0.05) is 12.1 Å². The summed E-state index contributed by atoms with van der Waals surface area (Å²) in [6, 6.07) is 11.3. The van der Waals surface area contributed by atoms with Gasteiger partial charge in [0.25, 0.3) is 5.91 Å². The standard InChI is InChI=1S/C17H16N4O2/c22-17(21-9-3-7-14(21)15-8-4-10-23-15)13-6-2-1-5-12(13)16-18-11-19-20-16/h1-2,4-6,8,10-11,14H,3,7,9H2,(H,18,19,20)/t14-/m1/s1. The van der Waals surface area contributed by atoms with Gasteiger partial charge in [-0.1, -0.05) is 18.2 Å². The second-order valence-electron chi connectivity index (χ2n) is 5.55. The molecule has 6 heteroatoms. The summed E-state index contributed by atoms with van der Waals surface area (Å²) in [4.78, 5) is 19.1. The molecule has 1 aliphatic rings. The highest BCUT2D eigenvalue weighted by atomic mass is 16.3. The fraction of sp³-hybridized carbons (Fsp3) is 0.235. The first-order valence-electron chi connectivity index (χ1n) is 7.64. The first-order chi connectivity index (χ1) is 11.3. The van der Waals surface area contributed by atoms with Crippen molar-refractivity contribution in [1.82, 2.24) is 20.1 Å². The molecule has 1 atom stereocenters. The Morgan fingerprint density at radius 1 is 1.26 bits per heavy atom. The number of hydrogen-bond donors (Lipinski definition) is 1. The summed E-state index contributed by atoms with van der Waals surface area (Å²) in [5, 5.41) is 6.70. The van der Waals surface area contributed by atoms with E-state index in [9.17, 15) is 4.79 Å². The zero-order chi connectivity index (χ0) is 15.6. The molecule has 1 aromatic carbocycles. The minimum atomic E-state index is -0.00380. The van der Waals surface area contributed by atoms with Crippen LogP contribution < -0.4 is 0 Å². The van der Waals surface area contributed by atoms with Crippen molar-refractivity contribution in [3.8, 4) is 11.4 Å². The van der Waals surface area contributed by atoms with Crippen LogP contribution in [0, 0.1) is 0 Å². The second-order valence-corrected chi connectivity index (χ2v) is 5.55. The van der Waals surface area contributed by atoms with Crippen LogP contribution in [-0.4, -0.2) is 32.5 Å². The average molecular weight is 308 g/mol. The molecule has 23 heavy (non-hydrogen) atoms. The van der Waals surface area contributed by atoms with Crippen LogP contribution in [0.3, 0.4) is 0 Å². The zero-order valence-corrected chi connectivity index (χ0v) is 12.5. The number of amides is 1. The van der Waals surface area contributed by atoms with Gasteiger partial charge in [-0.3, -0.25) is 9.89 Å². The molecule has 1 amide bonds. The first-order valence-corrected chi connectivity index (χ1v) is 7.64. The van der Waals surface area contributed by atoms with Crippen molar-refractivity contribution in [1.29, 1.82) is 0 Å². The third kappa shape index (κ3) is 2.42. The van der Waals surface area contributed by atoms with Gasteiger partial charge in [0.15, 0.2) is 5.82 Å². The highest BCUT2D eigenvalue weighted by Crippen LogP contribution is 2.34. The smallest absolute Gasteiger partial charge is 0.255 e. The lowest BCUT2D eigenvalue weighted by molar-refractivity contribution is 0.0720. The van der Waals surface area contributed by atoms with Gasteiger partial charge in [-0.05, 0) is 31.0 Å². The van der Waals surface area contributed by atoms with Crippen LogP contribution in [-0.2, 0) is 0 Å². The van der Waals surface area contributed by atoms with E-state index in [0.29, 0.717) is 11.4 Å². The molecule has 0 unspecified atom stereocenters. The molecule has 0 aliphatic carbocycles. The van der Waals surface area contributed by atoms with Gasteiger partial charge in [0.1, 0.15) is 12.1 Å². The van der Waals surface area contributed by atoms with Crippen LogP contribution >= 0.6 is 0 Å². The third-order valence-corrected chi connectivity index (χ3v) is 4.21. The van der Waals surface area contributed by atoms with Crippen molar-refractivity contribution in [2.45, 2.75) is 18.9 Å². The van der Waals surface area contributed by atoms with Crippen molar-refractivity contribution >= 4 is 5.91 Å². The highest BCUT2D eigenvalue weighted by molar-refractivity contribution is 6.00. The lowest BCUT2D eigenvalue weighted by Crippen LogP contribution is -2.30. The number of furan rings is 1. The summed E-state index contributed by atoms with van der Waals surface area (Å²) in [5.74, 6) is 1.44. The summed E-state index contributed by atoms with van der Waals surface area (Å²) < 4.78 is 5.51. The predicted molar refractivity (Wildman–Crippen MR) is 83.5 cm³/mol. The Hall–Kier alpha value is -2.89. The molecule has 0 spiro atoms. The van der Waals surface area contributed by atoms with E-state index in [1.165, 1.54) is 6.33 Å². The molecule has 1 aliphatic heterocycles. The van der Waals surface area contributed by atoms with E-state index in [1.807, 2.05) is 41.3 Å². The number of rotatable bonds is 3. The number of hydrogen-bond acceptors (Lipinski definition) is 4.